The van der Waals surface area contributed by atoms with E-state index in [-0.39, 0.29) is 73.0 Å². The van der Waals surface area contributed by atoms with E-state index in [0.717, 1.165) is 0 Å². The first-order chi connectivity index (χ1) is 22.9. The van der Waals surface area contributed by atoms with E-state index in [1.807, 2.05) is 41.3 Å². The Hall–Kier alpha value is -4.17. The zero-order valence-corrected chi connectivity index (χ0v) is 28.7. The number of amides is 1. The standard InChI is InChI=1S/C34H37F2N7O4.2ClH/c1-45-31-26(32(47-22-29(35)36)40-34(39-31)46-2)20-41-18-25-19-42(33(44)27-17-37-13-14-38-27)15-16-43(25)28(21-41)30(23-9-5-3-6-10-23)24-11-7-4-8-12-24;;/h3-14,17,25,28-30H,15-16,18-22H2,1-2H3;2*1H. The van der Waals surface area contributed by atoms with Gasteiger partial charge in [0, 0.05) is 69.7 Å². The van der Waals surface area contributed by atoms with Crippen LogP contribution in [-0.2, 0) is 6.54 Å². The molecular formula is C34H39Cl2F2N7O4. The van der Waals surface area contributed by atoms with Crippen LogP contribution in [-0.4, -0.2) is 113 Å². The molecule has 0 radical (unpaired) electrons. The van der Waals surface area contributed by atoms with Gasteiger partial charge in [0.15, 0.2) is 6.61 Å². The van der Waals surface area contributed by atoms with Gasteiger partial charge in [0.05, 0.1) is 26.0 Å². The number of aromatic nitrogens is 4. The van der Waals surface area contributed by atoms with Crippen LogP contribution >= 0.6 is 24.8 Å². The lowest BCUT2D eigenvalue weighted by molar-refractivity contribution is -0.0294. The molecule has 6 rings (SSSR count). The molecule has 0 saturated carbocycles. The Bertz CT molecular complexity index is 1590. The van der Waals surface area contributed by atoms with E-state index in [1.54, 1.807) is 6.20 Å². The van der Waals surface area contributed by atoms with Crippen LogP contribution in [0.3, 0.4) is 0 Å². The molecule has 2 atom stereocenters. The van der Waals surface area contributed by atoms with Gasteiger partial charge >= 0.3 is 6.01 Å². The number of carbonyl (C=O) groups is 1. The maximum atomic E-state index is 13.5. The van der Waals surface area contributed by atoms with Crippen LogP contribution in [0, 0.1) is 0 Å². The lowest BCUT2D eigenvalue weighted by Gasteiger charge is -2.53. The van der Waals surface area contributed by atoms with E-state index in [9.17, 15) is 13.6 Å². The predicted molar refractivity (Wildman–Crippen MR) is 183 cm³/mol. The second-order valence-corrected chi connectivity index (χ2v) is 11.5. The van der Waals surface area contributed by atoms with Crippen molar-refractivity contribution in [3.63, 3.8) is 0 Å². The molecule has 2 unspecified atom stereocenters. The van der Waals surface area contributed by atoms with Gasteiger partial charge in [0.1, 0.15) is 5.69 Å². The number of carbonyl (C=O) groups excluding carboxylic acids is 1. The number of ether oxygens (including phenoxy) is 3. The Morgan fingerprint density at radius 1 is 0.878 bits per heavy atom. The monoisotopic (exact) mass is 717 g/mol. The van der Waals surface area contributed by atoms with Gasteiger partial charge in [-0.15, -0.1) is 24.8 Å². The third-order valence-corrected chi connectivity index (χ3v) is 8.65. The Labute approximate surface area is 296 Å². The molecule has 4 heterocycles. The quantitative estimate of drug-likeness (QED) is 0.218. The van der Waals surface area contributed by atoms with Gasteiger partial charge in [-0.2, -0.15) is 9.97 Å². The molecule has 0 N–H and O–H groups in total. The van der Waals surface area contributed by atoms with Crippen LogP contribution in [0.5, 0.6) is 17.8 Å². The van der Waals surface area contributed by atoms with Gasteiger partial charge in [-0.1, -0.05) is 60.7 Å². The molecule has 2 aromatic carbocycles. The summed E-state index contributed by atoms with van der Waals surface area (Å²) < 4.78 is 42.8. The highest BCUT2D eigenvalue weighted by Gasteiger charge is 2.43. The van der Waals surface area contributed by atoms with Crippen LogP contribution in [0.4, 0.5) is 8.78 Å². The first-order valence-corrected chi connectivity index (χ1v) is 15.5. The topological polar surface area (TPSA) is 106 Å². The molecule has 15 heteroatoms. The summed E-state index contributed by atoms with van der Waals surface area (Å²) in [5, 5.41) is 0. The van der Waals surface area contributed by atoms with Gasteiger partial charge in [0.2, 0.25) is 11.8 Å². The smallest absolute Gasteiger partial charge is 0.322 e. The molecule has 49 heavy (non-hydrogen) atoms. The lowest BCUT2D eigenvalue weighted by Crippen LogP contribution is -2.67. The zero-order valence-electron chi connectivity index (χ0n) is 27.1. The highest BCUT2D eigenvalue weighted by Crippen LogP contribution is 2.37. The van der Waals surface area contributed by atoms with Crippen LogP contribution in [0.25, 0.3) is 0 Å². The van der Waals surface area contributed by atoms with Crippen molar-refractivity contribution < 1.29 is 27.8 Å². The largest absolute Gasteiger partial charge is 0.481 e. The summed E-state index contributed by atoms with van der Waals surface area (Å²) >= 11 is 0. The van der Waals surface area contributed by atoms with Crippen molar-refractivity contribution >= 4 is 30.7 Å². The highest BCUT2D eigenvalue weighted by molar-refractivity contribution is 5.92. The molecule has 0 spiro atoms. The van der Waals surface area contributed by atoms with Crippen LogP contribution in [0.15, 0.2) is 79.3 Å². The first-order valence-electron chi connectivity index (χ1n) is 15.5. The van der Waals surface area contributed by atoms with Crippen molar-refractivity contribution in [1.29, 1.82) is 0 Å². The summed E-state index contributed by atoms with van der Waals surface area (Å²) in [6, 6.07) is 20.7. The number of hydrogen-bond donors (Lipinski definition) is 0. The van der Waals surface area contributed by atoms with Crippen molar-refractivity contribution in [3.05, 3.63) is 102 Å². The maximum absolute atomic E-state index is 13.5. The van der Waals surface area contributed by atoms with Gasteiger partial charge in [-0.3, -0.25) is 19.6 Å². The molecule has 1 amide bonds. The van der Waals surface area contributed by atoms with E-state index in [2.05, 4.69) is 54.0 Å². The number of piperazine rings is 2. The average molecular weight is 719 g/mol. The number of benzene rings is 2. The minimum Gasteiger partial charge on any atom is -0.481 e. The number of alkyl halides is 2. The Morgan fingerprint density at radius 3 is 2.14 bits per heavy atom. The van der Waals surface area contributed by atoms with Crippen molar-refractivity contribution in [2.24, 2.45) is 0 Å². The minimum absolute atomic E-state index is 0. The van der Waals surface area contributed by atoms with Gasteiger partial charge in [0.25, 0.3) is 12.3 Å². The molecule has 2 aliphatic heterocycles. The van der Waals surface area contributed by atoms with Crippen LogP contribution < -0.4 is 14.2 Å². The van der Waals surface area contributed by atoms with Crippen LogP contribution in [0.2, 0.25) is 0 Å². The minimum atomic E-state index is -2.69. The van der Waals surface area contributed by atoms with E-state index >= 15 is 0 Å². The van der Waals surface area contributed by atoms with Crippen molar-refractivity contribution in [3.8, 4) is 17.8 Å². The number of fused-ring (bicyclic) bond motifs is 1. The van der Waals surface area contributed by atoms with Gasteiger partial charge in [-0.05, 0) is 11.1 Å². The molecule has 2 saturated heterocycles. The fourth-order valence-electron chi connectivity index (χ4n) is 6.66. The molecular weight excluding hydrogens is 679 g/mol. The molecule has 2 aromatic heterocycles. The number of rotatable bonds is 11. The molecule has 0 bridgehead atoms. The van der Waals surface area contributed by atoms with Crippen molar-refractivity contribution in [2.45, 2.75) is 31.0 Å². The summed E-state index contributed by atoms with van der Waals surface area (Å²) in [4.78, 5) is 37.0. The first kappa shape index (κ1) is 37.6. The predicted octanol–water partition coefficient (Wildman–Crippen LogP) is 4.61. The normalized spacial score (nSPS) is 17.9. The summed E-state index contributed by atoms with van der Waals surface area (Å²) in [5.74, 6) is 0.0140. The average Bonchev–Trinajstić information content (AvgIpc) is 3.11. The number of methoxy groups -OCH3 is 2. The van der Waals surface area contributed by atoms with Gasteiger partial charge in [-0.25, -0.2) is 13.8 Å². The fourth-order valence-corrected chi connectivity index (χ4v) is 6.66. The Morgan fingerprint density at radius 2 is 1.55 bits per heavy atom. The number of halogens is 4. The maximum Gasteiger partial charge on any atom is 0.322 e. The number of hydrogen-bond acceptors (Lipinski definition) is 10. The second kappa shape index (κ2) is 17.5. The summed E-state index contributed by atoms with van der Waals surface area (Å²) in [6.07, 6.45) is 1.86. The van der Waals surface area contributed by atoms with Crippen molar-refractivity contribution in [1.82, 2.24) is 34.6 Å². The third-order valence-electron chi connectivity index (χ3n) is 8.65. The lowest BCUT2D eigenvalue weighted by atomic mass is 9.81. The van der Waals surface area contributed by atoms with Gasteiger partial charge < -0.3 is 19.1 Å². The summed E-state index contributed by atoms with van der Waals surface area (Å²) in [5.41, 5.74) is 3.10. The molecule has 2 fully saturated rings. The molecule has 11 nitrogen and oxygen atoms in total. The third kappa shape index (κ3) is 8.71. The van der Waals surface area contributed by atoms with Crippen LogP contribution in [0.1, 0.15) is 33.1 Å². The Kier molecular flexibility index (Phi) is 13.4. The Balaban J connectivity index is 0.00000270. The number of nitrogens with zero attached hydrogens (tertiary/aromatic N) is 7. The van der Waals surface area contributed by atoms with E-state index in [1.165, 1.54) is 37.7 Å². The molecule has 4 aromatic rings. The second-order valence-electron chi connectivity index (χ2n) is 11.5. The van der Waals surface area contributed by atoms with Crippen molar-refractivity contribution in [2.75, 3.05) is 53.6 Å². The highest BCUT2D eigenvalue weighted by atomic mass is 35.5. The summed E-state index contributed by atoms with van der Waals surface area (Å²) in [7, 11) is 2.85. The molecule has 2 aliphatic rings. The van der Waals surface area contributed by atoms with E-state index < -0.39 is 13.0 Å². The zero-order chi connectivity index (χ0) is 32.8. The summed E-state index contributed by atoms with van der Waals surface area (Å²) in [6.45, 7) is 2.34. The fraction of sp³-hybridized carbons (Fsp3) is 0.382. The van der Waals surface area contributed by atoms with E-state index in [4.69, 9.17) is 14.2 Å². The molecule has 262 valence electrons. The SMILES string of the molecule is COc1nc(OC)c(CN2CC3CN(C(=O)c4cnccn4)CCN3C(C(c3ccccc3)c3ccccc3)C2)c(OCC(F)F)n1.Cl.Cl. The molecule has 0 aliphatic carbocycles. The van der Waals surface area contributed by atoms with E-state index in [0.29, 0.717) is 44.0 Å².